The Morgan fingerprint density at radius 3 is 2.74 bits per heavy atom. The number of rotatable bonds is 4. The number of benzene rings is 1. The van der Waals surface area contributed by atoms with Gasteiger partial charge < -0.3 is 15.0 Å². The number of morpholine rings is 1. The zero-order valence-corrected chi connectivity index (χ0v) is 11.4. The summed E-state index contributed by atoms with van der Waals surface area (Å²) in [5.41, 5.74) is 1.81. The van der Waals surface area contributed by atoms with E-state index in [0.717, 1.165) is 50.3 Å². The van der Waals surface area contributed by atoms with Gasteiger partial charge >= 0.3 is 0 Å². The highest BCUT2D eigenvalue weighted by Gasteiger charge is 2.35. The van der Waals surface area contributed by atoms with Gasteiger partial charge in [0, 0.05) is 19.6 Å². The summed E-state index contributed by atoms with van der Waals surface area (Å²) in [5.74, 6) is -0.114. The number of hydrogen-bond acceptors (Lipinski definition) is 3. The summed E-state index contributed by atoms with van der Waals surface area (Å²) >= 11 is 0. The smallest absolute Gasteiger partial charge is 0.146 e. The molecule has 1 N–H and O–H groups in total. The van der Waals surface area contributed by atoms with Crippen molar-refractivity contribution in [2.24, 2.45) is 0 Å². The van der Waals surface area contributed by atoms with Crippen LogP contribution in [-0.4, -0.2) is 31.8 Å². The van der Waals surface area contributed by atoms with Gasteiger partial charge in [0.1, 0.15) is 5.82 Å². The van der Waals surface area contributed by atoms with E-state index >= 15 is 0 Å². The Kier molecular flexibility index (Phi) is 3.71. The molecule has 0 amide bonds. The molecule has 3 rings (SSSR count). The third-order valence-corrected chi connectivity index (χ3v) is 4.00. The Hall–Kier alpha value is -1.13. The SMILES string of the molecule is CCNCc1cccc(F)c1N1CC2CCC(C1)O2. The summed E-state index contributed by atoms with van der Waals surface area (Å²) in [7, 11) is 0. The minimum atomic E-state index is -0.114. The van der Waals surface area contributed by atoms with Gasteiger partial charge in [0.05, 0.1) is 17.9 Å². The van der Waals surface area contributed by atoms with Crippen LogP contribution < -0.4 is 10.2 Å². The lowest BCUT2D eigenvalue weighted by Gasteiger charge is -2.35. The molecule has 2 saturated heterocycles. The van der Waals surface area contributed by atoms with Gasteiger partial charge in [-0.25, -0.2) is 4.39 Å². The molecule has 0 saturated carbocycles. The maximum absolute atomic E-state index is 14.2. The van der Waals surface area contributed by atoms with E-state index in [1.165, 1.54) is 0 Å². The molecule has 104 valence electrons. The largest absolute Gasteiger partial charge is 0.371 e. The molecule has 2 unspecified atom stereocenters. The molecule has 2 heterocycles. The number of ether oxygens (including phenoxy) is 1. The Morgan fingerprint density at radius 1 is 1.32 bits per heavy atom. The summed E-state index contributed by atoms with van der Waals surface area (Å²) in [6.07, 6.45) is 2.78. The predicted molar refractivity (Wildman–Crippen MR) is 73.9 cm³/mol. The molecule has 3 nitrogen and oxygen atoms in total. The van der Waals surface area contributed by atoms with Gasteiger partial charge in [0.25, 0.3) is 0 Å². The van der Waals surface area contributed by atoms with Crippen molar-refractivity contribution in [2.45, 2.75) is 38.5 Å². The number of fused-ring (bicyclic) bond motifs is 2. The first-order valence-electron chi connectivity index (χ1n) is 7.16. The van der Waals surface area contributed by atoms with E-state index in [-0.39, 0.29) is 18.0 Å². The van der Waals surface area contributed by atoms with Crippen LogP contribution in [0.5, 0.6) is 0 Å². The summed E-state index contributed by atoms with van der Waals surface area (Å²) in [6.45, 7) is 5.31. The highest BCUT2D eigenvalue weighted by molar-refractivity contribution is 5.55. The second-order valence-corrected chi connectivity index (χ2v) is 5.39. The first kappa shape index (κ1) is 12.9. The highest BCUT2D eigenvalue weighted by atomic mass is 19.1. The predicted octanol–water partition coefficient (Wildman–Crippen LogP) is 2.30. The third kappa shape index (κ3) is 2.60. The van der Waals surface area contributed by atoms with Crippen LogP contribution in [0.3, 0.4) is 0 Å². The average Bonchev–Trinajstić information content (AvgIpc) is 2.75. The van der Waals surface area contributed by atoms with Crippen molar-refractivity contribution in [1.29, 1.82) is 0 Å². The Balaban J connectivity index is 1.86. The lowest BCUT2D eigenvalue weighted by Crippen LogP contribution is -2.43. The molecule has 1 aromatic rings. The van der Waals surface area contributed by atoms with E-state index in [1.54, 1.807) is 12.1 Å². The summed E-state index contributed by atoms with van der Waals surface area (Å²) < 4.78 is 20.1. The lowest BCUT2D eigenvalue weighted by atomic mass is 10.1. The highest BCUT2D eigenvalue weighted by Crippen LogP contribution is 2.32. The number of hydrogen-bond donors (Lipinski definition) is 1. The molecular weight excluding hydrogens is 243 g/mol. The van der Waals surface area contributed by atoms with Crippen molar-refractivity contribution in [3.8, 4) is 0 Å². The number of nitrogens with one attached hydrogen (secondary N) is 1. The molecule has 2 atom stereocenters. The van der Waals surface area contributed by atoms with Crippen molar-refractivity contribution in [3.05, 3.63) is 29.6 Å². The maximum Gasteiger partial charge on any atom is 0.146 e. The van der Waals surface area contributed by atoms with Crippen molar-refractivity contribution < 1.29 is 9.13 Å². The minimum absolute atomic E-state index is 0.114. The zero-order chi connectivity index (χ0) is 13.2. The number of halogens is 1. The van der Waals surface area contributed by atoms with Crippen LogP contribution in [0.1, 0.15) is 25.3 Å². The van der Waals surface area contributed by atoms with Crippen LogP contribution in [0.4, 0.5) is 10.1 Å². The summed E-state index contributed by atoms with van der Waals surface area (Å²) in [4.78, 5) is 2.17. The fraction of sp³-hybridized carbons (Fsp3) is 0.600. The molecule has 0 radical (unpaired) electrons. The van der Waals surface area contributed by atoms with E-state index in [9.17, 15) is 4.39 Å². The van der Waals surface area contributed by atoms with Gasteiger partial charge in [0.15, 0.2) is 0 Å². The van der Waals surface area contributed by atoms with E-state index in [4.69, 9.17) is 4.74 Å². The van der Waals surface area contributed by atoms with Crippen LogP contribution in [0.25, 0.3) is 0 Å². The van der Waals surface area contributed by atoms with E-state index in [2.05, 4.69) is 17.1 Å². The molecule has 4 heteroatoms. The molecule has 0 spiro atoms. The van der Waals surface area contributed by atoms with Gasteiger partial charge in [-0.05, 0) is 31.0 Å². The average molecular weight is 264 g/mol. The van der Waals surface area contributed by atoms with Gasteiger partial charge in [0.2, 0.25) is 0 Å². The van der Waals surface area contributed by atoms with E-state index in [0.29, 0.717) is 0 Å². The second-order valence-electron chi connectivity index (χ2n) is 5.39. The van der Waals surface area contributed by atoms with Crippen LogP contribution in [0, 0.1) is 5.82 Å². The Labute approximate surface area is 113 Å². The fourth-order valence-corrected chi connectivity index (χ4v) is 3.11. The Morgan fingerprint density at radius 2 is 2.05 bits per heavy atom. The number of para-hydroxylation sites is 1. The summed E-state index contributed by atoms with van der Waals surface area (Å²) in [6, 6.07) is 5.36. The minimum Gasteiger partial charge on any atom is -0.371 e. The van der Waals surface area contributed by atoms with Gasteiger partial charge in [-0.3, -0.25) is 0 Å². The molecule has 2 bridgehead atoms. The zero-order valence-electron chi connectivity index (χ0n) is 11.4. The molecule has 2 aliphatic heterocycles. The van der Waals surface area contributed by atoms with Crippen LogP contribution in [0.2, 0.25) is 0 Å². The molecule has 2 fully saturated rings. The van der Waals surface area contributed by atoms with Gasteiger partial charge in [-0.15, -0.1) is 0 Å². The second kappa shape index (κ2) is 5.47. The van der Waals surface area contributed by atoms with Crippen molar-refractivity contribution in [3.63, 3.8) is 0 Å². The first-order chi connectivity index (χ1) is 9.28. The number of nitrogens with zero attached hydrogens (tertiary/aromatic N) is 1. The van der Waals surface area contributed by atoms with Crippen molar-refractivity contribution >= 4 is 5.69 Å². The molecular formula is C15H21FN2O. The number of anilines is 1. The van der Waals surface area contributed by atoms with Crippen LogP contribution >= 0.6 is 0 Å². The van der Waals surface area contributed by atoms with Crippen LogP contribution in [-0.2, 0) is 11.3 Å². The molecule has 2 aliphatic rings. The molecule has 1 aromatic carbocycles. The van der Waals surface area contributed by atoms with Gasteiger partial charge in [-0.1, -0.05) is 19.1 Å². The van der Waals surface area contributed by atoms with Crippen LogP contribution in [0.15, 0.2) is 18.2 Å². The summed E-state index contributed by atoms with van der Waals surface area (Å²) in [5, 5.41) is 3.28. The van der Waals surface area contributed by atoms with Crippen molar-refractivity contribution in [2.75, 3.05) is 24.5 Å². The quantitative estimate of drug-likeness (QED) is 0.903. The fourth-order valence-electron chi connectivity index (χ4n) is 3.11. The van der Waals surface area contributed by atoms with Crippen molar-refractivity contribution in [1.82, 2.24) is 5.32 Å². The monoisotopic (exact) mass is 264 g/mol. The molecule has 19 heavy (non-hydrogen) atoms. The Bertz CT molecular complexity index is 440. The third-order valence-electron chi connectivity index (χ3n) is 4.00. The first-order valence-corrected chi connectivity index (χ1v) is 7.16. The standard InChI is InChI=1S/C15H21FN2O/c1-2-17-8-11-4-3-5-14(16)15(11)18-9-12-6-7-13(10-18)19-12/h3-5,12-13,17H,2,6-10H2,1H3. The maximum atomic E-state index is 14.2. The molecule has 0 aliphatic carbocycles. The van der Waals surface area contributed by atoms with E-state index in [1.807, 2.05) is 6.07 Å². The normalized spacial score (nSPS) is 25.9. The van der Waals surface area contributed by atoms with Gasteiger partial charge in [-0.2, -0.15) is 0 Å². The topological polar surface area (TPSA) is 24.5 Å². The lowest BCUT2D eigenvalue weighted by molar-refractivity contribution is 0.0302. The molecule has 0 aromatic heterocycles. The van der Waals surface area contributed by atoms with E-state index < -0.39 is 0 Å².